The summed E-state index contributed by atoms with van der Waals surface area (Å²) >= 11 is 19.8. The number of pyridine rings is 1. The van der Waals surface area contributed by atoms with Crippen LogP contribution in [0, 0.1) is 18.3 Å². The Balaban J connectivity index is 1.73. The Hall–Kier alpha value is -2.42. The number of nitriles is 1. The molecule has 0 radical (unpaired) electrons. The lowest BCUT2D eigenvalue weighted by Gasteiger charge is -2.04. The lowest BCUT2D eigenvalue weighted by atomic mass is 10.1. The fourth-order valence-corrected chi connectivity index (χ4v) is 4.15. The highest BCUT2D eigenvalue weighted by Crippen LogP contribution is 2.32. The van der Waals surface area contributed by atoms with E-state index in [9.17, 15) is 5.26 Å². The number of aryl methyl sites for hydroxylation is 1. The van der Waals surface area contributed by atoms with Crippen molar-refractivity contribution in [3.63, 3.8) is 0 Å². The largest absolute Gasteiger partial charge is 0.235 e. The van der Waals surface area contributed by atoms with Crippen molar-refractivity contribution in [1.82, 2.24) is 9.97 Å². The maximum Gasteiger partial charge on any atom is 0.137 e. The number of rotatable bonds is 3. The van der Waals surface area contributed by atoms with Crippen LogP contribution in [0.15, 0.2) is 47.8 Å². The van der Waals surface area contributed by atoms with Gasteiger partial charge in [-0.2, -0.15) is 5.26 Å². The van der Waals surface area contributed by atoms with Crippen LogP contribution in [0.25, 0.3) is 33.8 Å². The number of benzene rings is 2. The first-order valence-electron chi connectivity index (χ1n) is 8.54. The summed E-state index contributed by atoms with van der Waals surface area (Å²) < 4.78 is 0. The summed E-state index contributed by atoms with van der Waals surface area (Å²) in [6.45, 7) is 2.00. The molecule has 2 aromatic heterocycles. The van der Waals surface area contributed by atoms with Gasteiger partial charge in [-0.1, -0.05) is 53.0 Å². The Bertz CT molecular complexity index is 1320. The zero-order valence-electron chi connectivity index (χ0n) is 15.1. The van der Waals surface area contributed by atoms with Crippen molar-refractivity contribution in [1.29, 1.82) is 5.26 Å². The standard InChI is InChI=1S/C22H12Cl3N3S/c1-12-2-3-13-7-15(21(25)27-19(13)6-12)8-16(10-26)22-28-20(11-29-22)14-4-5-17(23)18(24)9-14/h2-9,11H,1H3/b16-8-. The fourth-order valence-electron chi connectivity index (χ4n) is 2.85. The highest BCUT2D eigenvalue weighted by molar-refractivity contribution is 7.11. The Morgan fingerprint density at radius 3 is 2.62 bits per heavy atom. The van der Waals surface area contributed by atoms with Crippen LogP contribution in [0.2, 0.25) is 15.2 Å². The summed E-state index contributed by atoms with van der Waals surface area (Å²) in [4.78, 5) is 9.04. The third-order valence-electron chi connectivity index (χ3n) is 4.32. The molecule has 142 valence electrons. The second-order valence-electron chi connectivity index (χ2n) is 6.40. The minimum absolute atomic E-state index is 0.345. The molecule has 0 saturated heterocycles. The molecule has 2 aromatic carbocycles. The molecule has 0 N–H and O–H groups in total. The average Bonchev–Trinajstić information content (AvgIpc) is 3.18. The average molecular weight is 457 g/mol. The summed E-state index contributed by atoms with van der Waals surface area (Å²) in [6, 6.07) is 15.4. The molecule has 0 unspecified atom stereocenters. The van der Waals surface area contributed by atoms with Crippen LogP contribution >= 0.6 is 46.1 Å². The highest BCUT2D eigenvalue weighted by Gasteiger charge is 2.12. The quantitative estimate of drug-likeness (QED) is 0.234. The van der Waals surface area contributed by atoms with E-state index in [4.69, 9.17) is 34.8 Å². The smallest absolute Gasteiger partial charge is 0.137 e. The summed E-state index contributed by atoms with van der Waals surface area (Å²) in [6.07, 6.45) is 1.71. The van der Waals surface area contributed by atoms with Gasteiger partial charge in [0, 0.05) is 21.9 Å². The van der Waals surface area contributed by atoms with E-state index >= 15 is 0 Å². The van der Waals surface area contributed by atoms with Crippen LogP contribution in [0.1, 0.15) is 16.1 Å². The maximum atomic E-state index is 9.69. The molecule has 2 heterocycles. The van der Waals surface area contributed by atoms with E-state index in [1.807, 2.05) is 42.6 Å². The van der Waals surface area contributed by atoms with E-state index in [0.29, 0.717) is 31.3 Å². The molecule has 4 rings (SSSR count). The monoisotopic (exact) mass is 455 g/mol. The first-order chi connectivity index (χ1) is 13.9. The molecular formula is C22H12Cl3N3S. The van der Waals surface area contributed by atoms with E-state index < -0.39 is 0 Å². The van der Waals surface area contributed by atoms with Gasteiger partial charge in [0.1, 0.15) is 16.2 Å². The van der Waals surface area contributed by atoms with E-state index in [0.717, 1.165) is 27.7 Å². The van der Waals surface area contributed by atoms with Crippen LogP contribution < -0.4 is 0 Å². The third-order valence-corrected chi connectivity index (χ3v) is 6.24. The van der Waals surface area contributed by atoms with Crippen LogP contribution in [0.3, 0.4) is 0 Å². The molecule has 0 bridgehead atoms. The molecule has 29 heavy (non-hydrogen) atoms. The van der Waals surface area contributed by atoms with Gasteiger partial charge in [0.15, 0.2) is 0 Å². The van der Waals surface area contributed by atoms with Crippen LogP contribution in [0.5, 0.6) is 0 Å². The number of hydrogen-bond acceptors (Lipinski definition) is 4. The predicted octanol–water partition coefficient (Wildman–Crippen LogP) is 7.69. The first-order valence-corrected chi connectivity index (χ1v) is 10.6. The van der Waals surface area contributed by atoms with Crippen LogP contribution in [-0.4, -0.2) is 9.97 Å². The molecule has 7 heteroatoms. The molecular weight excluding hydrogens is 445 g/mol. The minimum atomic E-state index is 0.345. The van der Waals surface area contributed by atoms with E-state index in [-0.39, 0.29) is 0 Å². The summed E-state index contributed by atoms with van der Waals surface area (Å²) in [5.74, 6) is 0. The van der Waals surface area contributed by atoms with Crippen molar-refractivity contribution >= 4 is 68.7 Å². The predicted molar refractivity (Wildman–Crippen MR) is 123 cm³/mol. The van der Waals surface area contributed by atoms with Crippen molar-refractivity contribution in [3.05, 3.63) is 79.2 Å². The number of halogens is 3. The fraction of sp³-hybridized carbons (Fsp3) is 0.0455. The molecule has 0 saturated carbocycles. The summed E-state index contributed by atoms with van der Waals surface area (Å²) in [5.41, 5.74) is 4.58. The number of aromatic nitrogens is 2. The number of hydrogen-bond donors (Lipinski definition) is 0. The second-order valence-corrected chi connectivity index (χ2v) is 8.43. The van der Waals surface area contributed by atoms with Gasteiger partial charge in [-0.25, -0.2) is 9.97 Å². The molecule has 0 amide bonds. The number of fused-ring (bicyclic) bond motifs is 1. The van der Waals surface area contributed by atoms with Gasteiger partial charge in [-0.15, -0.1) is 11.3 Å². The van der Waals surface area contributed by atoms with Gasteiger partial charge < -0.3 is 0 Å². The molecule has 0 fully saturated rings. The van der Waals surface area contributed by atoms with Crippen molar-refractivity contribution in [2.24, 2.45) is 0 Å². The van der Waals surface area contributed by atoms with Gasteiger partial charge in [0.05, 0.1) is 26.8 Å². The topological polar surface area (TPSA) is 49.6 Å². The lowest BCUT2D eigenvalue weighted by molar-refractivity contribution is 1.36. The van der Waals surface area contributed by atoms with Crippen LogP contribution in [0.4, 0.5) is 0 Å². The van der Waals surface area contributed by atoms with Crippen molar-refractivity contribution in [2.75, 3.05) is 0 Å². The number of allylic oxidation sites excluding steroid dienone is 1. The van der Waals surface area contributed by atoms with Gasteiger partial charge >= 0.3 is 0 Å². The van der Waals surface area contributed by atoms with Crippen molar-refractivity contribution < 1.29 is 0 Å². The van der Waals surface area contributed by atoms with Crippen molar-refractivity contribution in [3.8, 4) is 17.3 Å². The van der Waals surface area contributed by atoms with E-state index in [1.165, 1.54) is 11.3 Å². The van der Waals surface area contributed by atoms with Crippen LogP contribution in [-0.2, 0) is 0 Å². The summed E-state index contributed by atoms with van der Waals surface area (Å²) in [7, 11) is 0. The lowest BCUT2D eigenvalue weighted by Crippen LogP contribution is -1.88. The number of nitrogens with zero attached hydrogens (tertiary/aromatic N) is 3. The van der Waals surface area contributed by atoms with E-state index in [2.05, 4.69) is 16.0 Å². The molecule has 0 aliphatic rings. The Kier molecular flexibility index (Phi) is 5.58. The first kappa shape index (κ1) is 19.9. The van der Waals surface area contributed by atoms with Gasteiger partial charge in [0.2, 0.25) is 0 Å². The number of thiazole rings is 1. The Labute approximate surface area is 186 Å². The SMILES string of the molecule is Cc1ccc2cc(/C=C(/C#N)c3nc(-c4ccc(Cl)c(Cl)c4)cs3)c(Cl)nc2c1. The Morgan fingerprint density at radius 2 is 1.86 bits per heavy atom. The minimum Gasteiger partial charge on any atom is -0.235 e. The molecule has 0 spiro atoms. The van der Waals surface area contributed by atoms with Gasteiger partial charge in [-0.3, -0.25) is 0 Å². The second kappa shape index (κ2) is 8.14. The summed E-state index contributed by atoms with van der Waals surface area (Å²) in [5, 5.41) is 14.4. The Morgan fingerprint density at radius 1 is 1.03 bits per heavy atom. The van der Waals surface area contributed by atoms with Gasteiger partial charge in [0.25, 0.3) is 0 Å². The van der Waals surface area contributed by atoms with E-state index in [1.54, 1.807) is 18.2 Å². The van der Waals surface area contributed by atoms with Crippen molar-refractivity contribution in [2.45, 2.75) is 6.92 Å². The normalized spacial score (nSPS) is 11.6. The maximum absolute atomic E-state index is 9.69. The molecule has 3 nitrogen and oxygen atoms in total. The third kappa shape index (κ3) is 4.14. The highest BCUT2D eigenvalue weighted by atomic mass is 35.5. The molecule has 0 aliphatic carbocycles. The molecule has 0 aliphatic heterocycles. The molecule has 4 aromatic rings. The van der Waals surface area contributed by atoms with Gasteiger partial charge in [-0.05, 0) is 42.8 Å². The zero-order chi connectivity index (χ0) is 20.5. The molecule has 0 atom stereocenters. The zero-order valence-corrected chi connectivity index (χ0v) is 18.2.